The van der Waals surface area contributed by atoms with E-state index >= 15 is 0 Å². The van der Waals surface area contributed by atoms with Crippen molar-refractivity contribution in [2.75, 3.05) is 13.2 Å². The third-order valence-corrected chi connectivity index (χ3v) is 4.70. The number of nitrogens with zero attached hydrogens (tertiary/aromatic N) is 1. The molecule has 130 valence electrons. The van der Waals surface area contributed by atoms with Gasteiger partial charge in [-0.15, -0.1) is 0 Å². The van der Waals surface area contributed by atoms with Crippen LogP contribution in [-0.2, 0) is 16.6 Å². The van der Waals surface area contributed by atoms with E-state index in [9.17, 15) is 18.3 Å². The summed E-state index contributed by atoms with van der Waals surface area (Å²) in [5.41, 5.74) is -0.258. The topological polar surface area (TPSA) is 97.6 Å². The zero-order valence-corrected chi connectivity index (χ0v) is 14.1. The van der Waals surface area contributed by atoms with Crippen LogP contribution in [0.3, 0.4) is 0 Å². The average Bonchev–Trinajstić information content (AvgIpc) is 2.56. The molecule has 24 heavy (non-hydrogen) atoms. The molecule has 0 bridgehead atoms. The molecule has 2 N–H and O–H groups in total. The highest BCUT2D eigenvalue weighted by Gasteiger charge is 2.16. The van der Waals surface area contributed by atoms with Crippen LogP contribution in [0.5, 0.6) is 5.75 Å². The SMILES string of the molecule is CCOc1ccc(S(=O)(=O)NCC(O)Cn2ccccc2=O)cc1. The van der Waals surface area contributed by atoms with Crippen LogP contribution < -0.4 is 15.0 Å². The molecule has 1 atom stereocenters. The number of pyridine rings is 1. The zero-order chi connectivity index (χ0) is 17.6. The average molecular weight is 352 g/mol. The van der Waals surface area contributed by atoms with E-state index in [1.165, 1.54) is 29.0 Å². The van der Waals surface area contributed by atoms with Crippen LogP contribution in [0.1, 0.15) is 6.92 Å². The number of aromatic nitrogens is 1. The van der Waals surface area contributed by atoms with Crippen molar-refractivity contribution in [1.29, 1.82) is 0 Å². The maximum Gasteiger partial charge on any atom is 0.250 e. The lowest BCUT2D eigenvalue weighted by atomic mass is 10.3. The molecule has 1 unspecified atom stereocenters. The fourth-order valence-corrected chi connectivity index (χ4v) is 3.15. The van der Waals surface area contributed by atoms with Crippen LogP contribution in [0, 0.1) is 0 Å². The van der Waals surface area contributed by atoms with Crippen LogP contribution in [0.15, 0.2) is 58.4 Å². The van der Waals surface area contributed by atoms with E-state index in [-0.39, 0.29) is 23.5 Å². The second-order valence-corrected chi connectivity index (χ2v) is 6.87. The normalized spacial score (nSPS) is 12.8. The molecule has 0 aliphatic carbocycles. The Balaban J connectivity index is 1.96. The quantitative estimate of drug-likeness (QED) is 0.724. The fourth-order valence-electron chi connectivity index (χ4n) is 2.07. The number of ether oxygens (including phenoxy) is 1. The highest BCUT2D eigenvalue weighted by Crippen LogP contribution is 2.15. The maximum absolute atomic E-state index is 12.2. The van der Waals surface area contributed by atoms with Gasteiger partial charge in [-0.1, -0.05) is 6.07 Å². The monoisotopic (exact) mass is 352 g/mol. The summed E-state index contributed by atoms with van der Waals surface area (Å²) in [4.78, 5) is 11.6. The summed E-state index contributed by atoms with van der Waals surface area (Å²) in [6.45, 7) is 2.14. The Kier molecular flexibility index (Phi) is 6.13. The number of rotatable bonds is 8. The van der Waals surface area contributed by atoms with Crippen molar-refractivity contribution < 1.29 is 18.3 Å². The van der Waals surface area contributed by atoms with Crippen molar-refractivity contribution >= 4 is 10.0 Å². The van der Waals surface area contributed by atoms with Gasteiger partial charge in [0.1, 0.15) is 5.75 Å². The molecule has 0 amide bonds. The number of aliphatic hydroxyl groups excluding tert-OH is 1. The highest BCUT2D eigenvalue weighted by atomic mass is 32.2. The number of sulfonamides is 1. The molecule has 0 aliphatic heterocycles. The first-order valence-electron chi connectivity index (χ1n) is 7.48. The Bertz CT molecular complexity index is 815. The molecule has 0 radical (unpaired) electrons. The van der Waals surface area contributed by atoms with Crippen LogP contribution in [-0.4, -0.2) is 37.3 Å². The van der Waals surface area contributed by atoms with Gasteiger partial charge in [0, 0.05) is 18.8 Å². The second-order valence-electron chi connectivity index (χ2n) is 5.10. The third-order valence-electron chi connectivity index (χ3n) is 3.26. The van der Waals surface area contributed by atoms with Crippen molar-refractivity contribution in [2.45, 2.75) is 24.5 Å². The van der Waals surface area contributed by atoms with Gasteiger partial charge in [-0.2, -0.15) is 0 Å². The molecule has 8 heteroatoms. The molecule has 0 saturated carbocycles. The van der Waals surface area contributed by atoms with E-state index in [1.54, 1.807) is 24.3 Å². The first-order valence-corrected chi connectivity index (χ1v) is 8.97. The molecule has 1 heterocycles. The smallest absolute Gasteiger partial charge is 0.250 e. The Hall–Kier alpha value is -2.16. The highest BCUT2D eigenvalue weighted by molar-refractivity contribution is 7.89. The summed E-state index contributed by atoms with van der Waals surface area (Å²) in [7, 11) is -3.74. The summed E-state index contributed by atoms with van der Waals surface area (Å²) < 4.78 is 33.3. The van der Waals surface area contributed by atoms with Crippen LogP contribution in [0.25, 0.3) is 0 Å². The van der Waals surface area contributed by atoms with E-state index in [0.717, 1.165) is 0 Å². The molecule has 0 spiro atoms. The van der Waals surface area contributed by atoms with E-state index in [2.05, 4.69) is 4.72 Å². The molecule has 2 rings (SSSR count). The van der Waals surface area contributed by atoms with Crippen LogP contribution in [0.2, 0.25) is 0 Å². The van der Waals surface area contributed by atoms with E-state index in [1.807, 2.05) is 6.92 Å². The minimum atomic E-state index is -3.74. The largest absolute Gasteiger partial charge is 0.494 e. The Labute approximate surface area is 140 Å². The summed E-state index contributed by atoms with van der Waals surface area (Å²) in [6, 6.07) is 10.6. The number of hydrogen-bond acceptors (Lipinski definition) is 5. The second kappa shape index (κ2) is 8.09. The van der Waals surface area contributed by atoms with Crippen molar-refractivity contribution in [3.63, 3.8) is 0 Å². The zero-order valence-electron chi connectivity index (χ0n) is 13.3. The predicted molar refractivity (Wildman–Crippen MR) is 89.5 cm³/mol. The summed E-state index contributed by atoms with van der Waals surface area (Å²) in [6.07, 6.45) is 0.509. The van der Waals surface area contributed by atoms with Gasteiger partial charge in [-0.25, -0.2) is 13.1 Å². The van der Waals surface area contributed by atoms with Gasteiger partial charge >= 0.3 is 0 Å². The van der Waals surface area contributed by atoms with Crippen LogP contribution >= 0.6 is 0 Å². The van der Waals surface area contributed by atoms with E-state index in [0.29, 0.717) is 12.4 Å². The molecule has 2 aromatic rings. The Morgan fingerprint density at radius 3 is 2.54 bits per heavy atom. The summed E-state index contributed by atoms with van der Waals surface area (Å²) in [5, 5.41) is 9.94. The standard InChI is InChI=1S/C16H20N2O5S/c1-2-23-14-6-8-15(9-7-14)24(21,22)17-11-13(19)12-18-10-4-3-5-16(18)20/h3-10,13,17,19H,2,11-12H2,1H3. The van der Waals surface area contributed by atoms with Gasteiger partial charge < -0.3 is 14.4 Å². The summed E-state index contributed by atoms with van der Waals surface area (Å²) >= 11 is 0. The lowest BCUT2D eigenvalue weighted by molar-refractivity contribution is 0.156. The van der Waals surface area contributed by atoms with Crippen molar-refractivity contribution in [3.05, 3.63) is 59.0 Å². The predicted octanol–water partition coefficient (Wildman–Crippen LogP) is 0.586. The molecule has 0 aliphatic rings. The van der Waals surface area contributed by atoms with Gasteiger partial charge in [0.2, 0.25) is 10.0 Å². The summed E-state index contributed by atoms with van der Waals surface area (Å²) in [5.74, 6) is 0.583. The molecule has 1 aromatic carbocycles. The molecular formula is C16H20N2O5S. The minimum Gasteiger partial charge on any atom is -0.494 e. The maximum atomic E-state index is 12.2. The van der Waals surface area contributed by atoms with Crippen molar-refractivity contribution in [2.24, 2.45) is 0 Å². The van der Waals surface area contributed by atoms with Crippen molar-refractivity contribution in [1.82, 2.24) is 9.29 Å². The third kappa shape index (κ3) is 4.92. The fraction of sp³-hybridized carbons (Fsp3) is 0.312. The van der Waals surface area contributed by atoms with Crippen molar-refractivity contribution in [3.8, 4) is 5.75 Å². The number of nitrogens with one attached hydrogen (secondary N) is 1. The number of hydrogen-bond donors (Lipinski definition) is 2. The lowest BCUT2D eigenvalue weighted by Gasteiger charge is -2.14. The van der Waals surface area contributed by atoms with Gasteiger partial charge in [-0.3, -0.25) is 4.79 Å². The van der Waals surface area contributed by atoms with Gasteiger partial charge in [0.15, 0.2) is 0 Å². The van der Waals surface area contributed by atoms with Gasteiger partial charge in [0.05, 0.1) is 24.2 Å². The first kappa shape index (κ1) is 18.2. The Morgan fingerprint density at radius 1 is 1.21 bits per heavy atom. The van der Waals surface area contributed by atoms with Gasteiger partial charge in [-0.05, 0) is 37.3 Å². The number of benzene rings is 1. The first-order chi connectivity index (χ1) is 11.4. The minimum absolute atomic E-state index is 0.00543. The van der Waals surface area contributed by atoms with E-state index < -0.39 is 16.1 Å². The number of aliphatic hydroxyl groups is 1. The Morgan fingerprint density at radius 2 is 1.92 bits per heavy atom. The molecule has 1 aromatic heterocycles. The van der Waals surface area contributed by atoms with E-state index in [4.69, 9.17) is 4.74 Å². The lowest BCUT2D eigenvalue weighted by Crippen LogP contribution is -2.36. The van der Waals surface area contributed by atoms with Crippen LogP contribution in [0.4, 0.5) is 0 Å². The molecular weight excluding hydrogens is 332 g/mol. The van der Waals surface area contributed by atoms with Gasteiger partial charge in [0.25, 0.3) is 5.56 Å². The molecule has 0 fully saturated rings. The molecule has 0 saturated heterocycles. The molecule has 7 nitrogen and oxygen atoms in total.